The van der Waals surface area contributed by atoms with Crippen LogP contribution in [0.15, 0.2) is 28.7 Å². The molecule has 0 fully saturated rings. The molecule has 17 heavy (non-hydrogen) atoms. The second-order valence-electron chi connectivity index (χ2n) is 4.21. The molecule has 96 valence electrons. The summed E-state index contributed by atoms with van der Waals surface area (Å²) in [5.41, 5.74) is 6.91. The van der Waals surface area contributed by atoms with Crippen LogP contribution >= 0.6 is 15.9 Å². The summed E-state index contributed by atoms with van der Waals surface area (Å²) in [4.78, 5) is 0. The first kappa shape index (κ1) is 14.7. The molecule has 0 amide bonds. The fourth-order valence-corrected chi connectivity index (χ4v) is 2.18. The summed E-state index contributed by atoms with van der Waals surface area (Å²) in [5.74, 6) is 0. The smallest absolute Gasteiger partial charge is 0.0947 e. The molecule has 0 aromatic heterocycles. The monoisotopic (exact) mass is 299 g/mol. The minimum absolute atomic E-state index is 0.0223. The number of rotatable bonds is 8. The van der Waals surface area contributed by atoms with E-state index in [9.17, 15) is 0 Å². The van der Waals surface area contributed by atoms with Crippen LogP contribution in [0.3, 0.4) is 0 Å². The third-order valence-corrected chi connectivity index (χ3v) is 3.24. The molecule has 1 aromatic rings. The van der Waals surface area contributed by atoms with Gasteiger partial charge in [-0.05, 0) is 24.1 Å². The van der Waals surface area contributed by atoms with Crippen LogP contribution in [0.25, 0.3) is 0 Å². The zero-order chi connectivity index (χ0) is 12.5. The largest absolute Gasteiger partial charge is 0.372 e. The van der Waals surface area contributed by atoms with Gasteiger partial charge < -0.3 is 10.5 Å². The number of hydrogen-bond donors (Lipinski definition) is 1. The van der Waals surface area contributed by atoms with Crippen molar-refractivity contribution in [1.82, 2.24) is 0 Å². The normalized spacial score (nSPS) is 12.6. The molecule has 1 aromatic carbocycles. The van der Waals surface area contributed by atoms with Crippen LogP contribution < -0.4 is 5.73 Å². The Hall–Kier alpha value is -0.380. The molecule has 1 atom stereocenters. The second kappa shape index (κ2) is 8.67. The van der Waals surface area contributed by atoms with Gasteiger partial charge >= 0.3 is 0 Å². The van der Waals surface area contributed by atoms with Gasteiger partial charge in [-0.15, -0.1) is 0 Å². The van der Waals surface area contributed by atoms with Gasteiger partial charge in [-0.3, -0.25) is 0 Å². The van der Waals surface area contributed by atoms with E-state index in [2.05, 4.69) is 35.0 Å². The molecule has 3 heteroatoms. The Kier molecular flexibility index (Phi) is 7.49. The molecular formula is C14H22BrNO. The first-order valence-corrected chi connectivity index (χ1v) is 7.14. The Labute approximate surface area is 113 Å². The van der Waals surface area contributed by atoms with E-state index < -0.39 is 0 Å². The SMILES string of the molecule is CCCCCCOC(CN)c1cccc(Br)c1. The van der Waals surface area contributed by atoms with Crippen molar-refractivity contribution in [2.45, 2.75) is 38.7 Å². The number of nitrogens with two attached hydrogens (primary N) is 1. The summed E-state index contributed by atoms with van der Waals surface area (Å²) < 4.78 is 6.91. The molecule has 1 unspecified atom stereocenters. The summed E-state index contributed by atoms with van der Waals surface area (Å²) in [6.07, 6.45) is 4.93. The lowest BCUT2D eigenvalue weighted by atomic mass is 10.1. The fraction of sp³-hybridized carbons (Fsp3) is 0.571. The van der Waals surface area contributed by atoms with Gasteiger partial charge in [0.25, 0.3) is 0 Å². The highest BCUT2D eigenvalue weighted by Gasteiger charge is 2.09. The fourth-order valence-electron chi connectivity index (χ4n) is 1.76. The molecule has 0 heterocycles. The molecule has 2 nitrogen and oxygen atoms in total. The van der Waals surface area contributed by atoms with Crippen molar-refractivity contribution in [3.05, 3.63) is 34.3 Å². The Morgan fingerprint density at radius 3 is 2.76 bits per heavy atom. The van der Waals surface area contributed by atoms with Gasteiger partial charge in [-0.1, -0.05) is 54.2 Å². The Balaban J connectivity index is 2.38. The first-order valence-electron chi connectivity index (χ1n) is 6.35. The molecule has 0 radical (unpaired) electrons. The van der Waals surface area contributed by atoms with E-state index in [1.54, 1.807) is 0 Å². The molecule has 0 aliphatic carbocycles. The zero-order valence-electron chi connectivity index (χ0n) is 10.5. The molecule has 0 aliphatic rings. The van der Waals surface area contributed by atoms with Crippen LogP contribution in [0, 0.1) is 0 Å². The van der Waals surface area contributed by atoms with E-state index in [4.69, 9.17) is 10.5 Å². The van der Waals surface area contributed by atoms with Crippen LogP contribution in [0.2, 0.25) is 0 Å². The van der Waals surface area contributed by atoms with E-state index in [0.717, 1.165) is 23.1 Å². The van der Waals surface area contributed by atoms with Crippen LogP contribution in [-0.2, 0) is 4.74 Å². The summed E-state index contributed by atoms with van der Waals surface area (Å²) in [6.45, 7) is 3.55. The van der Waals surface area contributed by atoms with E-state index >= 15 is 0 Å². The van der Waals surface area contributed by atoms with Crippen molar-refractivity contribution in [2.75, 3.05) is 13.2 Å². The van der Waals surface area contributed by atoms with Gasteiger partial charge in [0.1, 0.15) is 0 Å². The minimum atomic E-state index is 0.0223. The van der Waals surface area contributed by atoms with Crippen molar-refractivity contribution in [3.63, 3.8) is 0 Å². The van der Waals surface area contributed by atoms with Crippen molar-refractivity contribution in [3.8, 4) is 0 Å². The topological polar surface area (TPSA) is 35.2 Å². The maximum Gasteiger partial charge on any atom is 0.0947 e. The molecule has 0 saturated heterocycles. The van der Waals surface area contributed by atoms with Crippen molar-refractivity contribution >= 4 is 15.9 Å². The van der Waals surface area contributed by atoms with E-state index in [-0.39, 0.29) is 6.10 Å². The van der Waals surface area contributed by atoms with E-state index in [1.165, 1.54) is 19.3 Å². The summed E-state index contributed by atoms with van der Waals surface area (Å²) >= 11 is 3.47. The second-order valence-corrected chi connectivity index (χ2v) is 5.13. The first-order chi connectivity index (χ1) is 8.27. The molecule has 0 saturated carbocycles. The number of hydrogen-bond acceptors (Lipinski definition) is 2. The average molecular weight is 300 g/mol. The van der Waals surface area contributed by atoms with Crippen LogP contribution in [-0.4, -0.2) is 13.2 Å². The highest BCUT2D eigenvalue weighted by atomic mass is 79.9. The molecule has 0 bridgehead atoms. The van der Waals surface area contributed by atoms with Crippen molar-refractivity contribution in [2.24, 2.45) is 5.73 Å². The Morgan fingerprint density at radius 2 is 2.12 bits per heavy atom. The summed E-state index contributed by atoms with van der Waals surface area (Å²) in [6, 6.07) is 8.17. The van der Waals surface area contributed by atoms with Crippen molar-refractivity contribution in [1.29, 1.82) is 0 Å². The molecular weight excluding hydrogens is 278 g/mol. The van der Waals surface area contributed by atoms with Crippen molar-refractivity contribution < 1.29 is 4.74 Å². The van der Waals surface area contributed by atoms with Gasteiger partial charge in [-0.25, -0.2) is 0 Å². The van der Waals surface area contributed by atoms with Crippen LogP contribution in [0.5, 0.6) is 0 Å². The average Bonchev–Trinajstić information content (AvgIpc) is 2.34. The quantitative estimate of drug-likeness (QED) is 0.735. The maximum atomic E-state index is 5.83. The van der Waals surface area contributed by atoms with Gasteiger partial charge in [0.2, 0.25) is 0 Å². The lowest BCUT2D eigenvalue weighted by Gasteiger charge is -2.16. The van der Waals surface area contributed by atoms with Gasteiger partial charge in [0.05, 0.1) is 6.10 Å². The number of ether oxygens (including phenoxy) is 1. The Morgan fingerprint density at radius 1 is 1.29 bits per heavy atom. The zero-order valence-corrected chi connectivity index (χ0v) is 12.1. The Bertz CT molecular complexity index is 317. The van der Waals surface area contributed by atoms with Crippen LogP contribution in [0.1, 0.15) is 44.3 Å². The molecule has 1 rings (SSSR count). The van der Waals surface area contributed by atoms with Gasteiger partial charge in [0, 0.05) is 17.6 Å². The number of halogens is 1. The third kappa shape index (κ3) is 5.66. The lowest BCUT2D eigenvalue weighted by Crippen LogP contribution is -2.16. The summed E-state index contributed by atoms with van der Waals surface area (Å²) in [5, 5.41) is 0. The molecule has 0 spiro atoms. The minimum Gasteiger partial charge on any atom is -0.372 e. The van der Waals surface area contributed by atoms with E-state index in [1.807, 2.05) is 12.1 Å². The third-order valence-electron chi connectivity index (χ3n) is 2.75. The maximum absolute atomic E-state index is 5.83. The number of benzene rings is 1. The highest BCUT2D eigenvalue weighted by Crippen LogP contribution is 2.20. The van der Waals surface area contributed by atoms with Gasteiger partial charge in [0.15, 0.2) is 0 Å². The molecule has 0 aliphatic heterocycles. The highest BCUT2D eigenvalue weighted by molar-refractivity contribution is 9.10. The number of unbranched alkanes of at least 4 members (excludes halogenated alkanes) is 3. The predicted octanol–water partition coefficient (Wildman–Crippen LogP) is 4.05. The summed E-state index contributed by atoms with van der Waals surface area (Å²) in [7, 11) is 0. The molecule has 2 N–H and O–H groups in total. The predicted molar refractivity (Wildman–Crippen MR) is 76.0 cm³/mol. The van der Waals surface area contributed by atoms with Gasteiger partial charge in [-0.2, -0.15) is 0 Å². The standard InChI is InChI=1S/C14H22BrNO/c1-2-3-4-5-9-17-14(11-16)12-7-6-8-13(15)10-12/h6-8,10,14H,2-5,9,11,16H2,1H3. The van der Waals surface area contributed by atoms with Crippen LogP contribution in [0.4, 0.5) is 0 Å². The lowest BCUT2D eigenvalue weighted by molar-refractivity contribution is 0.0558. The van der Waals surface area contributed by atoms with E-state index in [0.29, 0.717) is 6.54 Å².